The van der Waals surface area contributed by atoms with E-state index in [9.17, 15) is 0 Å². The lowest BCUT2D eigenvalue weighted by atomic mass is 9.33. The number of anilines is 5. The van der Waals surface area contributed by atoms with Gasteiger partial charge in [0.05, 0.1) is 22.4 Å². The molecule has 64 heavy (non-hydrogen) atoms. The molecule has 0 amide bonds. The van der Waals surface area contributed by atoms with Gasteiger partial charge in [-0.3, -0.25) is 0 Å². The summed E-state index contributed by atoms with van der Waals surface area (Å²) >= 11 is 0. The van der Waals surface area contributed by atoms with Crippen molar-refractivity contribution >= 4 is 79.2 Å². The molecule has 2 aromatic heterocycles. The van der Waals surface area contributed by atoms with Gasteiger partial charge in [0, 0.05) is 33.5 Å². The largest absolute Gasteiger partial charge is 0.468 e. The SMILES string of the molecule is Cc1cc2c3c(c1)N(c1cccc4oc5ccccc5c14)c1c(oc4ccc(C(C)(C)C)cc14)B3C1=C(CC3C(=C1)C(C)(C)CCC3(C)C)N2c1ccc2c(c1)C(C)(C)CCC2(C)C. The first-order valence-corrected chi connectivity index (χ1v) is 24.1. The summed E-state index contributed by atoms with van der Waals surface area (Å²) in [6.07, 6.45) is 8.48. The zero-order valence-corrected chi connectivity index (χ0v) is 40.1. The predicted octanol–water partition coefficient (Wildman–Crippen LogP) is 15.4. The average molecular weight is 843 g/mol. The molecule has 4 heterocycles. The van der Waals surface area contributed by atoms with Crippen LogP contribution in [0.2, 0.25) is 0 Å². The van der Waals surface area contributed by atoms with Gasteiger partial charge in [0.2, 0.25) is 0 Å². The van der Waals surface area contributed by atoms with E-state index in [1.54, 1.807) is 5.57 Å². The Labute approximate surface area is 380 Å². The Kier molecular flexibility index (Phi) is 8.08. The van der Waals surface area contributed by atoms with Crippen LogP contribution in [0.25, 0.3) is 32.9 Å². The quantitative estimate of drug-likeness (QED) is 0.162. The Hall–Kier alpha value is -5.42. The van der Waals surface area contributed by atoms with E-state index in [0.717, 1.165) is 56.4 Å². The van der Waals surface area contributed by atoms with E-state index in [-0.39, 0.29) is 33.8 Å². The second-order valence-electron chi connectivity index (χ2n) is 24.0. The van der Waals surface area contributed by atoms with E-state index < -0.39 is 0 Å². The van der Waals surface area contributed by atoms with Gasteiger partial charge in [0.1, 0.15) is 16.7 Å². The van der Waals surface area contributed by atoms with Crippen molar-refractivity contribution in [2.45, 2.75) is 131 Å². The number of para-hydroxylation sites is 1. The zero-order chi connectivity index (χ0) is 44.6. The zero-order valence-electron chi connectivity index (χ0n) is 40.1. The van der Waals surface area contributed by atoms with Crippen LogP contribution in [0.4, 0.5) is 28.4 Å². The fourth-order valence-corrected chi connectivity index (χ4v) is 12.9. The Morgan fingerprint density at radius 1 is 0.625 bits per heavy atom. The minimum atomic E-state index is -0.0869. The Morgan fingerprint density at radius 3 is 2.08 bits per heavy atom. The molecule has 324 valence electrons. The summed E-state index contributed by atoms with van der Waals surface area (Å²) in [5.74, 6) is 0.438. The molecule has 0 saturated heterocycles. The Morgan fingerprint density at radius 2 is 1.31 bits per heavy atom. The fraction of sp³-hybridized carbons (Fsp3) is 0.390. The molecule has 5 aliphatic rings. The molecule has 12 rings (SSSR count). The van der Waals surface area contributed by atoms with Crippen molar-refractivity contribution in [3.63, 3.8) is 0 Å². The molecule has 1 fully saturated rings. The van der Waals surface area contributed by atoms with Crippen LogP contribution < -0.4 is 20.9 Å². The van der Waals surface area contributed by atoms with Gasteiger partial charge in [-0.05, 0) is 160 Å². The third kappa shape index (κ3) is 5.54. The Bertz CT molecular complexity index is 3230. The Balaban J connectivity index is 1.22. The van der Waals surface area contributed by atoms with Crippen molar-refractivity contribution in [2.24, 2.45) is 16.7 Å². The third-order valence-electron chi connectivity index (χ3n) is 16.9. The molecule has 1 saturated carbocycles. The van der Waals surface area contributed by atoms with E-state index in [2.05, 4.69) is 190 Å². The number of allylic oxidation sites excluding steroid dienone is 4. The van der Waals surface area contributed by atoms with Crippen LogP contribution >= 0.6 is 0 Å². The average Bonchev–Trinajstić information content (AvgIpc) is 3.82. The molecule has 0 spiro atoms. The second kappa shape index (κ2) is 12.9. The van der Waals surface area contributed by atoms with Crippen LogP contribution in [0.5, 0.6) is 0 Å². The van der Waals surface area contributed by atoms with Gasteiger partial charge in [-0.2, -0.15) is 0 Å². The number of rotatable bonds is 2. The van der Waals surface area contributed by atoms with Crippen LogP contribution in [-0.2, 0) is 16.2 Å². The lowest BCUT2D eigenvalue weighted by molar-refractivity contribution is 0.121. The summed E-state index contributed by atoms with van der Waals surface area (Å²) in [5.41, 5.74) is 21.5. The van der Waals surface area contributed by atoms with Crippen molar-refractivity contribution in [1.82, 2.24) is 0 Å². The van der Waals surface area contributed by atoms with Gasteiger partial charge in [0.15, 0.2) is 0 Å². The van der Waals surface area contributed by atoms with E-state index in [0.29, 0.717) is 5.92 Å². The van der Waals surface area contributed by atoms with Crippen molar-refractivity contribution in [1.29, 1.82) is 0 Å². The lowest BCUT2D eigenvalue weighted by Gasteiger charge is -2.53. The number of benzene rings is 5. The number of aryl methyl sites for hydroxylation is 1. The molecule has 0 bridgehead atoms. The highest BCUT2D eigenvalue weighted by molar-refractivity contribution is 6.95. The van der Waals surface area contributed by atoms with Gasteiger partial charge >= 0.3 is 0 Å². The van der Waals surface area contributed by atoms with Gasteiger partial charge in [-0.1, -0.05) is 124 Å². The monoisotopic (exact) mass is 842 g/mol. The van der Waals surface area contributed by atoms with E-state index in [1.165, 1.54) is 81.6 Å². The minimum absolute atomic E-state index is 0.0395. The molecule has 0 radical (unpaired) electrons. The highest BCUT2D eigenvalue weighted by Crippen LogP contribution is 2.60. The summed E-state index contributed by atoms with van der Waals surface area (Å²) in [6.45, 7) is 29.0. The summed E-state index contributed by atoms with van der Waals surface area (Å²) in [6, 6.07) is 34.5. The van der Waals surface area contributed by atoms with Gasteiger partial charge < -0.3 is 18.6 Å². The molecule has 3 aliphatic carbocycles. The molecule has 5 heteroatoms. The normalized spacial score (nSPS) is 21.4. The topological polar surface area (TPSA) is 32.8 Å². The van der Waals surface area contributed by atoms with Crippen molar-refractivity contribution in [3.05, 3.63) is 136 Å². The maximum absolute atomic E-state index is 7.47. The molecule has 2 aliphatic heterocycles. The highest BCUT2D eigenvalue weighted by atomic mass is 16.3. The van der Waals surface area contributed by atoms with Crippen molar-refractivity contribution in [3.8, 4) is 0 Å². The fourth-order valence-electron chi connectivity index (χ4n) is 12.9. The predicted molar refractivity (Wildman–Crippen MR) is 271 cm³/mol. The van der Waals surface area contributed by atoms with Crippen LogP contribution in [0.1, 0.15) is 131 Å². The highest BCUT2D eigenvalue weighted by Gasteiger charge is 2.53. The number of hydrogen-bond donors (Lipinski definition) is 0. The van der Waals surface area contributed by atoms with Crippen LogP contribution in [0.3, 0.4) is 0 Å². The molecule has 4 nitrogen and oxygen atoms in total. The number of nitrogens with zero attached hydrogens (tertiary/aromatic N) is 2. The first-order chi connectivity index (χ1) is 30.2. The summed E-state index contributed by atoms with van der Waals surface area (Å²) < 4.78 is 14.1. The van der Waals surface area contributed by atoms with E-state index >= 15 is 0 Å². The first-order valence-electron chi connectivity index (χ1n) is 24.1. The summed E-state index contributed by atoms with van der Waals surface area (Å²) in [7, 11) is 0. The lowest BCUT2D eigenvalue weighted by Crippen LogP contribution is -2.56. The maximum Gasteiger partial charge on any atom is 0.296 e. The minimum Gasteiger partial charge on any atom is -0.468 e. The smallest absolute Gasteiger partial charge is 0.296 e. The van der Waals surface area contributed by atoms with Gasteiger partial charge in [-0.15, -0.1) is 0 Å². The van der Waals surface area contributed by atoms with Crippen LogP contribution in [0.15, 0.2) is 123 Å². The van der Waals surface area contributed by atoms with Crippen molar-refractivity contribution in [2.75, 3.05) is 9.80 Å². The molecule has 7 aromatic rings. The van der Waals surface area contributed by atoms with Crippen LogP contribution in [0, 0.1) is 23.7 Å². The summed E-state index contributed by atoms with van der Waals surface area (Å²) in [5, 5.41) is 3.41. The van der Waals surface area contributed by atoms with E-state index in [4.69, 9.17) is 8.83 Å². The van der Waals surface area contributed by atoms with Crippen molar-refractivity contribution < 1.29 is 8.83 Å². The number of fused-ring (bicyclic) bond motifs is 10. The molecular weight excluding hydrogens is 779 g/mol. The van der Waals surface area contributed by atoms with E-state index in [1.807, 2.05) is 0 Å². The first kappa shape index (κ1) is 40.1. The number of hydrogen-bond acceptors (Lipinski definition) is 4. The molecule has 1 atom stereocenters. The summed E-state index contributed by atoms with van der Waals surface area (Å²) in [4.78, 5) is 5.28. The number of furan rings is 2. The van der Waals surface area contributed by atoms with Gasteiger partial charge in [-0.25, -0.2) is 0 Å². The molecule has 5 aromatic carbocycles. The molecular formula is C59H63BN2O2. The standard InChI is InChI=1S/C59H63BN2O2/c1-34-28-46-52-47(29-34)62(44-17-15-19-50-51(44)37-16-13-14-18-48(37)63-50)53-38-30-35(55(2,3)4)20-23-49(38)64-54(53)60(52)43-32-41-42(59(11,12)27-26-58(41,9)10)33-45(43)61(46)36-21-22-39-40(31-36)57(7,8)25-24-56(39,5)6/h13-23,28-32,42H,24-27,33H2,1-12H3. The second-order valence-corrected chi connectivity index (χ2v) is 24.0. The molecule has 0 N–H and O–H groups in total. The third-order valence-corrected chi connectivity index (χ3v) is 16.9. The van der Waals surface area contributed by atoms with Crippen LogP contribution in [-0.4, -0.2) is 6.71 Å². The van der Waals surface area contributed by atoms with Gasteiger partial charge in [0.25, 0.3) is 6.71 Å². The maximum atomic E-state index is 7.47. The molecule has 1 unspecified atom stereocenters.